The van der Waals surface area contributed by atoms with Crippen molar-refractivity contribution in [2.75, 3.05) is 11.9 Å². The van der Waals surface area contributed by atoms with Gasteiger partial charge in [-0.25, -0.2) is 0 Å². The van der Waals surface area contributed by atoms with Crippen molar-refractivity contribution in [2.45, 2.75) is 19.9 Å². The lowest BCUT2D eigenvalue weighted by molar-refractivity contribution is -0.384. The van der Waals surface area contributed by atoms with Crippen LogP contribution in [0.25, 0.3) is 0 Å². The van der Waals surface area contributed by atoms with Crippen LogP contribution in [-0.4, -0.2) is 28.5 Å². The van der Waals surface area contributed by atoms with Crippen LogP contribution in [0.1, 0.15) is 13.8 Å². The van der Waals surface area contributed by atoms with E-state index in [-0.39, 0.29) is 35.6 Å². The number of phenolic OH excluding ortho intramolecular Hbond substituents is 1. The molecule has 98 valence electrons. The molecular formula is C11H15N3O4. The molecule has 3 N–H and O–H groups in total. The third-order valence-corrected chi connectivity index (χ3v) is 2.12. The number of nitro benzene ring substituents is 1. The quantitative estimate of drug-likeness (QED) is 0.416. The van der Waals surface area contributed by atoms with Gasteiger partial charge in [-0.05, 0) is 12.1 Å². The van der Waals surface area contributed by atoms with Crippen molar-refractivity contribution in [1.29, 1.82) is 0 Å². The van der Waals surface area contributed by atoms with Crippen LogP contribution in [0.15, 0.2) is 18.2 Å². The molecule has 0 aromatic heterocycles. The second kappa shape index (κ2) is 5.97. The lowest BCUT2D eigenvalue weighted by Gasteiger charge is -2.09. The molecule has 0 aliphatic carbocycles. The number of phenols is 1. The molecule has 1 rings (SSSR count). The van der Waals surface area contributed by atoms with Crippen molar-refractivity contribution in [1.82, 2.24) is 5.32 Å². The lowest BCUT2D eigenvalue weighted by Crippen LogP contribution is -2.32. The van der Waals surface area contributed by atoms with Crippen LogP contribution in [-0.2, 0) is 4.79 Å². The van der Waals surface area contributed by atoms with Gasteiger partial charge >= 0.3 is 0 Å². The molecule has 0 saturated carbocycles. The highest BCUT2D eigenvalue weighted by molar-refractivity contribution is 5.94. The Morgan fingerprint density at radius 1 is 1.50 bits per heavy atom. The largest absolute Gasteiger partial charge is 0.508 e. The van der Waals surface area contributed by atoms with Crippen LogP contribution in [0, 0.1) is 10.1 Å². The van der Waals surface area contributed by atoms with Gasteiger partial charge in [-0.15, -0.1) is 0 Å². The first kappa shape index (κ1) is 13.9. The van der Waals surface area contributed by atoms with Gasteiger partial charge < -0.3 is 15.7 Å². The van der Waals surface area contributed by atoms with Crippen LogP contribution in [0.5, 0.6) is 5.75 Å². The van der Waals surface area contributed by atoms with Gasteiger partial charge in [-0.1, -0.05) is 13.8 Å². The predicted octanol–water partition coefficient (Wildman–Crippen LogP) is 1.24. The average molecular weight is 253 g/mol. The highest BCUT2D eigenvalue weighted by atomic mass is 16.6. The van der Waals surface area contributed by atoms with E-state index in [0.717, 1.165) is 6.07 Å². The molecule has 0 saturated heterocycles. The number of hydrogen-bond acceptors (Lipinski definition) is 5. The zero-order chi connectivity index (χ0) is 13.7. The van der Waals surface area contributed by atoms with Crippen LogP contribution < -0.4 is 10.6 Å². The van der Waals surface area contributed by atoms with Crippen molar-refractivity contribution in [3.05, 3.63) is 28.3 Å². The van der Waals surface area contributed by atoms with Gasteiger partial charge in [-0.3, -0.25) is 14.9 Å². The summed E-state index contributed by atoms with van der Waals surface area (Å²) in [7, 11) is 0. The number of nitro groups is 1. The minimum absolute atomic E-state index is 0.0633. The maximum Gasteiger partial charge on any atom is 0.296 e. The van der Waals surface area contributed by atoms with Gasteiger partial charge in [0.2, 0.25) is 5.91 Å². The molecule has 1 aromatic carbocycles. The monoisotopic (exact) mass is 253 g/mol. The molecule has 18 heavy (non-hydrogen) atoms. The van der Waals surface area contributed by atoms with E-state index in [0.29, 0.717) is 0 Å². The fourth-order valence-electron chi connectivity index (χ4n) is 1.27. The molecule has 1 amide bonds. The second-order valence-corrected chi connectivity index (χ2v) is 4.04. The molecule has 0 bridgehead atoms. The molecule has 0 fully saturated rings. The number of nitrogens with one attached hydrogen (secondary N) is 2. The van der Waals surface area contributed by atoms with E-state index in [1.165, 1.54) is 12.1 Å². The van der Waals surface area contributed by atoms with Crippen molar-refractivity contribution in [3.8, 4) is 5.75 Å². The Bertz CT molecular complexity index is 460. The van der Waals surface area contributed by atoms with E-state index in [2.05, 4.69) is 10.6 Å². The maximum atomic E-state index is 11.5. The molecular weight excluding hydrogens is 238 g/mol. The first-order chi connectivity index (χ1) is 8.40. The number of amides is 1. The third kappa shape index (κ3) is 4.02. The summed E-state index contributed by atoms with van der Waals surface area (Å²) < 4.78 is 0. The standard InChI is InChI=1S/C11H15N3O4/c1-7(2)12-6-11(16)13-9-4-3-8(15)5-10(9)14(17)18/h3-5,7,12,15H,6H2,1-2H3,(H,13,16). The van der Waals surface area contributed by atoms with Crippen LogP contribution >= 0.6 is 0 Å². The SMILES string of the molecule is CC(C)NCC(=O)Nc1ccc(O)cc1[N+](=O)[O-]. The number of benzene rings is 1. The van der Waals surface area contributed by atoms with Crippen molar-refractivity contribution in [2.24, 2.45) is 0 Å². The number of carbonyl (C=O) groups excluding carboxylic acids is 1. The van der Waals surface area contributed by atoms with Crippen molar-refractivity contribution in [3.63, 3.8) is 0 Å². The minimum Gasteiger partial charge on any atom is -0.508 e. The third-order valence-electron chi connectivity index (χ3n) is 2.12. The molecule has 0 atom stereocenters. The summed E-state index contributed by atoms with van der Waals surface area (Å²) in [5.74, 6) is -0.600. The maximum absolute atomic E-state index is 11.5. The number of aromatic hydroxyl groups is 1. The summed E-state index contributed by atoms with van der Waals surface area (Å²) in [6, 6.07) is 3.70. The Balaban J connectivity index is 2.78. The van der Waals surface area contributed by atoms with E-state index >= 15 is 0 Å². The highest BCUT2D eigenvalue weighted by Gasteiger charge is 2.16. The molecule has 7 heteroatoms. The van der Waals surface area contributed by atoms with E-state index in [1.54, 1.807) is 0 Å². The number of hydrogen-bond donors (Lipinski definition) is 3. The molecule has 0 aliphatic heterocycles. The predicted molar refractivity (Wildman–Crippen MR) is 66.5 cm³/mol. The Morgan fingerprint density at radius 3 is 2.72 bits per heavy atom. The zero-order valence-electron chi connectivity index (χ0n) is 10.1. The normalized spacial score (nSPS) is 10.4. The Labute approximate surface area is 104 Å². The van der Waals surface area contributed by atoms with Gasteiger partial charge in [0.05, 0.1) is 17.5 Å². The Morgan fingerprint density at radius 2 is 2.17 bits per heavy atom. The number of rotatable bonds is 5. The summed E-state index contributed by atoms with van der Waals surface area (Å²) in [5.41, 5.74) is -0.277. The summed E-state index contributed by atoms with van der Waals surface area (Å²) in [4.78, 5) is 21.6. The lowest BCUT2D eigenvalue weighted by atomic mass is 10.2. The Hall–Kier alpha value is -2.15. The highest BCUT2D eigenvalue weighted by Crippen LogP contribution is 2.28. The molecule has 0 unspecified atom stereocenters. The topological polar surface area (TPSA) is 104 Å². The second-order valence-electron chi connectivity index (χ2n) is 4.04. The van der Waals surface area contributed by atoms with Crippen LogP contribution in [0.3, 0.4) is 0 Å². The van der Waals surface area contributed by atoms with Gasteiger partial charge in [0.25, 0.3) is 5.69 Å². The van der Waals surface area contributed by atoms with Gasteiger partial charge in [0.15, 0.2) is 0 Å². The minimum atomic E-state index is -0.662. The number of nitrogens with zero attached hydrogens (tertiary/aromatic N) is 1. The molecule has 0 radical (unpaired) electrons. The Kier molecular flexibility index (Phi) is 4.61. The average Bonchev–Trinajstić information content (AvgIpc) is 2.28. The van der Waals surface area contributed by atoms with Gasteiger partial charge in [-0.2, -0.15) is 0 Å². The molecule has 1 aromatic rings. The van der Waals surface area contributed by atoms with Crippen molar-refractivity contribution < 1.29 is 14.8 Å². The van der Waals surface area contributed by atoms with Crippen molar-refractivity contribution >= 4 is 17.3 Å². The van der Waals surface area contributed by atoms with Gasteiger partial charge in [0, 0.05) is 6.04 Å². The molecule has 7 nitrogen and oxygen atoms in total. The van der Waals surface area contributed by atoms with Gasteiger partial charge in [0.1, 0.15) is 11.4 Å². The van der Waals surface area contributed by atoms with E-state index < -0.39 is 4.92 Å². The summed E-state index contributed by atoms with van der Waals surface area (Å²) in [6.45, 7) is 3.84. The molecule has 0 heterocycles. The smallest absolute Gasteiger partial charge is 0.296 e. The van der Waals surface area contributed by atoms with E-state index in [9.17, 15) is 14.9 Å². The zero-order valence-corrected chi connectivity index (χ0v) is 10.1. The summed E-state index contributed by atoms with van der Waals surface area (Å²) >= 11 is 0. The fraction of sp³-hybridized carbons (Fsp3) is 0.364. The molecule has 0 spiro atoms. The number of carbonyl (C=O) groups is 1. The summed E-state index contributed by atoms with van der Waals surface area (Å²) in [5, 5.41) is 25.2. The van der Waals surface area contributed by atoms with E-state index in [1.807, 2.05) is 13.8 Å². The van der Waals surface area contributed by atoms with E-state index in [4.69, 9.17) is 5.11 Å². The first-order valence-corrected chi connectivity index (χ1v) is 5.41. The number of anilines is 1. The molecule has 0 aliphatic rings. The first-order valence-electron chi connectivity index (χ1n) is 5.41. The fourth-order valence-corrected chi connectivity index (χ4v) is 1.27. The van der Waals surface area contributed by atoms with Crippen LogP contribution in [0.4, 0.5) is 11.4 Å². The summed E-state index contributed by atoms with van der Waals surface area (Å²) in [6.07, 6.45) is 0. The van der Waals surface area contributed by atoms with Crippen LogP contribution in [0.2, 0.25) is 0 Å².